The maximum Gasteiger partial charge on any atom is 0.173 e. The van der Waals surface area contributed by atoms with Gasteiger partial charge < -0.3 is 0 Å². The molecule has 0 saturated heterocycles. The Balaban J connectivity index is 2.40. The molecule has 0 unspecified atom stereocenters. The number of fused-ring (bicyclic) bond motifs is 1. The van der Waals surface area contributed by atoms with Crippen LogP contribution in [-0.2, 0) is 4.79 Å². The molecule has 2 aliphatic rings. The fraction of sp³-hybridized carbons (Fsp3) is 0.167. The molecular formula is C6H5N3O. The molecular weight excluding hydrogens is 130 g/mol. The van der Waals surface area contributed by atoms with Crippen LogP contribution in [0.4, 0.5) is 0 Å². The third-order valence-electron chi connectivity index (χ3n) is 1.46. The Morgan fingerprint density at radius 1 is 1.60 bits per heavy atom. The van der Waals surface area contributed by atoms with Crippen LogP contribution in [0.3, 0.4) is 0 Å². The average molecular weight is 135 g/mol. The molecule has 0 bridgehead atoms. The van der Waals surface area contributed by atoms with Crippen LogP contribution in [0.15, 0.2) is 22.4 Å². The summed E-state index contributed by atoms with van der Waals surface area (Å²) >= 11 is 0. The second-order valence-corrected chi connectivity index (χ2v) is 2.10. The van der Waals surface area contributed by atoms with E-state index in [4.69, 9.17) is 0 Å². The summed E-state index contributed by atoms with van der Waals surface area (Å²) in [6.45, 7) is 0. The number of allylic oxidation sites excluding steroid dienone is 1. The highest BCUT2D eigenvalue weighted by molar-refractivity contribution is 6.22. The average Bonchev–Trinajstić information content (AvgIpc) is 2.36. The first-order valence-electron chi connectivity index (χ1n) is 2.95. The van der Waals surface area contributed by atoms with E-state index in [1.54, 1.807) is 6.21 Å². The van der Waals surface area contributed by atoms with Crippen molar-refractivity contribution >= 4 is 17.8 Å². The van der Waals surface area contributed by atoms with Gasteiger partial charge >= 0.3 is 0 Å². The van der Waals surface area contributed by atoms with Gasteiger partial charge in [0.25, 0.3) is 0 Å². The summed E-state index contributed by atoms with van der Waals surface area (Å²) in [5.74, 6) is 0.427. The van der Waals surface area contributed by atoms with E-state index in [-0.39, 0.29) is 11.7 Å². The molecule has 1 N–H and O–H groups in total. The lowest BCUT2D eigenvalue weighted by atomic mass is 10.0. The van der Waals surface area contributed by atoms with Gasteiger partial charge in [0, 0.05) is 18.5 Å². The number of carbonyl (C=O) groups is 1. The fourth-order valence-electron chi connectivity index (χ4n) is 0.930. The Hall–Kier alpha value is -1.45. The molecule has 0 aromatic rings. The van der Waals surface area contributed by atoms with Gasteiger partial charge in [-0.3, -0.25) is 10.2 Å². The van der Waals surface area contributed by atoms with Crippen LogP contribution >= 0.6 is 0 Å². The van der Waals surface area contributed by atoms with Crippen molar-refractivity contribution in [2.24, 2.45) is 16.0 Å². The van der Waals surface area contributed by atoms with E-state index < -0.39 is 0 Å². The van der Waals surface area contributed by atoms with Gasteiger partial charge in [0.15, 0.2) is 5.78 Å². The first-order valence-corrected chi connectivity index (χ1v) is 2.95. The van der Waals surface area contributed by atoms with Crippen molar-refractivity contribution in [1.29, 1.82) is 0 Å². The summed E-state index contributed by atoms with van der Waals surface area (Å²) in [5.41, 5.74) is 2.64. The van der Waals surface area contributed by atoms with Gasteiger partial charge in [-0.2, -0.15) is 5.10 Å². The topological polar surface area (TPSA) is 53.8 Å². The molecule has 50 valence electrons. The Morgan fingerprint density at radius 2 is 2.50 bits per heavy atom. The molecule has 10 heavy (non-hydrogen) atoms. The second kappa shape index (κ2) is 1.76. The highest BCUT2D eigenvalue weighted by Crippen LogP contribution is 2.08. The van der Waals surface area contributed by atoms with E-state index in [1.165, 1.54) is 12.3 Å². The quantitative estimate of drug-likeness (QED) is 0.495. The molecule has 0 aliphatic carbocycles. The number of carbonyl (C=O) groups excluding carboxylic acids is 1. The standard InChI is InChI=1S/C6H5N3O/c10-5-1-2-7-6-4(5)3-8-9-6/h1-4H,(H,7,9)/t4-/m1/s1. The molecule has 0 radical (unpaired) electrons. The zero-order chi connectivity index (χ0) is 6.97. The van der Waals surface area contributed by atoms with Crippen molar-refractivity contribution in [2.45, 2.75) is 0 Å². The highest BCUT2D eigenvalue weighted by atomic mass is 16.1. The SMILES string of the molecule is O=C1C=CN=C2NN=C[C@H]12. The van der Waals surface area contributed by atoms with Crippen LogP contribution < -0.4 is 5.43 Å². The van der Waals surface area contributed by atoms with Crippen molar-refractivity contribution in [3.8, 4) is 0 Å². The van der Waals surface area contributed by atoms with Crippen LogP contribution in [0, 0.1) is 5.92 Å². The van der Waals surface area contributed by atoms with Gasteiger partial charge in [-0.15, -0.1) is 0 Å². The molecule has 4 heteroatoms. The van der Waals surface area contributed by atoms with Crippen LogP contribution in [-0.4, -0.2) is 17.8 Å². The van der Waals surface area contributed by atoms with Gasteiger partial charge in [-0.05, 0) is 0 Å². The second-order valence-electron chi connectivity index (χ2n) is 2.10. The number of hydrogen-bond donors (Lipinski definition) is 1. The summed E-state index contributed by atoms with van der Waals surface area (Å²) in [6, 6.07) is 0. The Labute approximate surface area is 57.3 Å². The number of rotatable bonds is 0. The molecule has 0 aromatic carbocycles. The van der Waals surface area contributed by atoms with Crippen LogP contribution in [0.5, 0.6) is 0 Å². The summed E-state index contributed by atoms with van der Waals surface area (Å²) in [6.07, 6.45) is 4.49. The zero-order valence-corrected chi connectivity index (χ0v) is 5.11. The maximum atomic E-state index is 11.0. The zero-order valence-electron chi connectivity index (χ0n) is 5.11. The highest BCUT2D eigenvalue weighted by Gasteiger charge is 2.26. The lowest BCUT2D eigenvalue weighted by Crippen LogP contribution is -2.28. The Kier molecular flexibility index (Phi) is 0.943. The summed E-state index contributed by atoms with van der Waals surface area (Å²) in [4.78, 5) is 14.9. The van der Waals surface area contributed by atoms with Crippen LogP contribution in [0.25, 0.3) is 0 Å². The lowest BCUT2D eigenvalue weighted by Gasteiger charge is -2.05. The molecule has 0 fully saturated rings. The van der Waals surface area contributed by atoms with E-state index in [0.717, 1.165) is 0 Å². The number of aliphatic imine (C=N–C) groups is 1. The number of ketones is 1. The van der Waals surface area contributed by atoms with Crippen molar-refractivity contribution in [3.63, 3.8) is 0 Å². The van der Waals surface area contributed by atoms with Gasteiger partial charge in [0.2, 0.25) is 0 Å². The largest absolute Gasteiger partial charge is 0.294 e. The lowest BCUT2D eigenvalue weighted by molar-refractivity contribution is -0.114. The summed E-state index contributed by atoms with van der Waals surface area (Å²) in [7, 11) is 0. The molecule has 2 aliphatic heterocycles. The Bertz CT molecular complexity index is 264. The van der Waals surface area contributed by atoms with Crippen molar-refractivity contribution in [2.75, 3.05) is 0 Å². The first kappa shape index (κ1) is 5.34. The van der Waals surface area contributed by atoms with Gasteiger partial charge in [-0.25, -0.2) is 4.99 Å². The van der Waals surface area contributed by atoms with E-state index in [9.17, 15) is 4.79 Å². The molecule has 2 rings (SSSR count). The Morgan fingerprint density at radius 3 is 3.30 bits per heavy atom. The van der Waals surface area contributed by atoms with Crippen LogP contribution in [0.2, 0.25) is 0 Å². The number of nitrogens with zero attached hydrogens (tertiary/aromatic N) is 2. The normalized spacial score (nSPS) is 27.8. The maximum absolute atomic E-state index is 11.0. The van der Waals surface area contributed by atoms with E-state index >= 15 is 0 Å². The number of amidine groups is 1. The van der Waals surface area contributed by atoms with Crippen molar-refractivity contribution in [1.82, 2.24) is 5.43 Å². The minimum Gasteiger partial charge on any atom is -0.294 e. The van der Waals surface area contributed by atoms with E-state index in [1.807, 2.05) is 0 Å². The third-order valence-corrected chi connectivity index (χ3v) is 1.46. The summed E-state index contributed by atoms with van der Waals surface area (Å²) in [5, 5.41) is 3.71. The van der Waals surface area contributed by atoms with Crippen molar-refractivity contribution in [3.05, 3.63) is 12.3 Å². The van der Waals surface area contributed by atoms with E-state index in [2.05, 4.69) is 15.5 Å². The number of hydrogen-bond acceptors (Lipinski definition) is 4. The molecule has 0 aromatic heterocycles. The number of hydrazone groups is 1. The minimum atomic E-state index is -0.245. The van der Waals surface area contributed by atoms with Crippen molar-refractivity contribution < 1.29 is 4.79 Å². The molecule has 0 amide bonds. The minimum absolute atomic E-state index is 0.0405. The molecule has 4 nitrogen and oxygen atoms in total. The predicted molar refractivity (Wildman–Crippen MR) is 36.7 cm³/mol. The number of nitrogens with one attached hydrogen (secondary N) is 1. The smallest absolute Gasteiger partial charge is 0.173 e. The summed E-state index contributed by atoms with van der Waals surface area (Å²) < 4.78 is 0. The molecule has 1 atom stereocenters. The monoisotopic (exact) mass is 135 g/mol. The van der Waals surface area contributed by atoms with Gasteiger partial charge in [-0.1, -0.05) is 0 Å². The molecule has 0 spiro atoms. The molecule has 2 heterocycles. The van der Waals surface area contributed by atoms with E-state index in [0.29, 0.717) is 5.84 Å². The predicted octanol–water partition coefficient (Wildman–Crippen LogP) is -0.314. The fourth-order valence-corrected chi connectivity index (χ4v) is 0.930. The third kappa shape index (κ3) is 0.586. The van der Waals surface area contributed by atoms with Crippen LogP contribution in [0.1, 0.15) is 0 Å². The van der Waals surface area contributed by atoms with Gasteiger partial charge in [0.05, 0.1) is 0 Å². The van der Waals surface area contributed by atoms with Gasteiger partial charge in [0.1, 0.15) is 11.8 Å². The first-order chi connectivity index (χ1) is 4.88. The molecule has 0 saturated carbocycles.